The SMILES string of the molecule is C=C(C)C1CCC(C)=CC1c1c(O)cccc1OCC(=O)NCC(C)C. The van der Waals surface area contributed by atoms with Gasteiger partial charge in [0.2, 0.25) is 0 Å². The van der Waals surface area contributed by atoms with Crippen LogP contribution in [0, 0.1) is 11.8 Å². The lowest BCUT2D eigenvalue weighted by Crippen LogP contribution is -2.32. The summed E-state index contributed by atoms with van der Waals surface area (Å²) in [5.41, 5.74) is 3.15. The average Bonchev–Trinajstić information content (AvgIpc) is 2.57. The molecule has 0 aliphatic heterocycles. The fraction of sp³-hybridized carbons (Fsp3) is 0.500. The zero-order valence-corrected chi connectivity index (χ0v) is 16.3. The molecule has 1 amide bonds. The van der Waals surface area contributed by atoms with E-state index in [1.54, 1.807) is 12.1 Å². The maximum atomic E-state index is 12.0. The molecule has 0 bridgehead atoms. The van der Waals surface area contributed by atoms with Crippen LogP contribution in [0.15, 0.2) is 42.0 Å². The zero-order valence-electron chi connectivity index (χ0n) is 16.3. The molecule has 0 radical (unpaired) electrons. The predicted molar refractivity (Wildman–Crippen MR) is 105 cm³/mol. The summed E-state index contributed by atoms with van der Waals surface area (Å²) in [6, 6.07) is 5.24. The Hall–Kier alpha value is -2.23. The fourth-order valence-corrected chi connectivity index (χ4v) is 3.41. The van der Waals surface area contributed by atoms with Gasteiger partial charge in [0, 0.05) is 18.0 Å². The lowest BCUT2D eigenvalue weighted by atomic mass is 9.74. The lowest BCUT2D eigenvalue weighted by molar-refractivity contribution is -0.123. The van der Waals surface area contributed by atoms with Gasteiger partial charge in [0.25, 0.3) is 5.91 Å². The van der Waals surface area contributed by atoms with Crippen LogP contribution in [-0.4, -0.2) is 24.2 Å². The number of phenolic OH excluding ortho intramolecular Hbond substituents is 1. The Balaban J connectivity index is 2.24. The summed E-state index contributed by atoms with van der Waals surface area (Å²) < 4.78 is 5.80. The summed E-state index contributed by atoms with van der Waals surface area (Å²) in [4.78, 5) is 12.0. The largest absolute Gasteiger partial charge is 0.508 e. The summed E-state index contributed by atoms with van der Waals surface area (Å²) >= 11 is 0. The van der Waals surface area contributed by atoms with Gasteiger partial charge in [0.05, 0.1) is 0 Å². The summed E-state index contributed by atoms with van der Waals surface area (Å²) in [7, 11) is 0. The molecule has 4 heteroatoms. The van der Waals surface area contributed by atoms with Crippen LogP contribution in [0.4, 0.5) is 0 Å². The number of ether oxygens (including phenoxy) is 1. The Morgan fingerprint density at radius 2 is 2.15 bits per heavy atom. The third kappa shape index (κ3) is 5.13. The molecule has 2 rings (SSSR count). The van der Waals surface area contributed by atoms with Crippen LogP contribution in [0.5, 0.6) is 11.5 Å². The first-order valence-corrected chi connectivity index (χ1v) is 9.33. The van der Waals surface area contributed by atoms with Crippen LogP contribution >= 0.6 is 0 Å². The van der Waals surface area contributed by atoms with Crippen LogP contribution in [0.1, 0.15) is 52.0 Å². The second-order valence-electron chi connectivity index (χ2n) is 7.71. The standard InChI is InChI=1S/C22H31NO3/c1-14(2)12-23-21(25)13-26-20-8-6-7-19(24)22(20)18-11-16(5)9-10-17(18)15(3)4/h6-8,11,14,17-18,24H,3,9-10,12-13H2,1-2,4-5H3,(H,23,25). The Labute approximate surface area is 157 Å². The van der Waals surface area contributed by atoms with Crippen LogP contribution in [0.2, 0.25) is 0 Å². The molecular weight excluding hydrogens is 326 g/mol. The number of carbonyl (C=O) groups is 1. The fourth-order valence-electron chi connectivity index (χ4n) is 3.41. The maximum absolute atomic E-state index is 12.0. The second kappa shape index (κ2) is 8.93. The highest BCUT2D eigenvalue weighted by Gasteiger charge is 2.30. The normalized spacial score (nSPS) is 19.8. The van der Waals surface area contributed by atoms with E-state index in [4.69, 9.17) is 4.74 Å². The van der Waals surface area contributed by atoms with Crippen molar-refractivity contribution < 1.29 is 14.6 Å². The highest BCUT2D eigenvalue weighted by molar-refractivity contribution is 5.77. The molecule has 0 heterocycles. The molecule has 1 aromatic rings. The average molecular weight is 357 g/mol. The molecule has 2 unspecified atom stereocenters. The number of amides is 1. The molecular formula is C22H31NO3. The number of benzene rings is 1. The Kier molecular flexibility index (Phi) is 6.90. The minimum absolute atomic E-state index is 0.0103. The van der Waals surface area contributed by atoms with E-state index in [0.29, 0.717) is 18.2 Å². The van der Waals surface area contributed by atoms with E-state index < -0.39 is 0 Å². The molecule has 1 aromatic carbocycles. The highest BCUT2D eigenvalue weighted by Crippen LogP contribution is 2.46. The third-order valence-electron chi connectivity index (χ3n) is 4.82. The van der Waals surface area contributed by atoms with Gasteiger partial charge in [-0.15, -0.1) is 0 Å². The number of rotatable bonds is 7. The minimum atomic E-state index is -0.153. The number of hydrogen-bond donors (Lipinski definition) is 2. The van der Waals surface area contributed by atoms with Crippen molar-refractivity contribution in [1.82, 2.24) is 5.32 Å². The molecule has 0 saturated heterocycles. The summed E-state index contributed by atoms with van der Waals surface area (Å²) in [5, 5.41) is 13.4. The van der Waals surface area contributed by atoms with E-state index in [9.17, 15) is 9.90 Å². The number of carbonyl (C=O) groups excluding carboxylic acids is 1. The van der Waals surface area contributed by atoms with E-state index in [1.807, 2.05) is 26.8 Å². The Bertz CT molecular complexity index is 691. The van der Waals surface area contributed by atoms with E-state index in [1.165, 1.54) is 5.57 Å². The first kappa shape index (κ1) is 20.1. The first-order valence-electron chi connectivity index (χ1n) is 9.33. The summed E-state index contributed by atoms with van der Waals surface area (Å²) in [6.07, 6.45) is 4.24. The maximum Gasteiger partial charge on any atom is 0.257 e. The molecule has 0 fully saturated rings. The smallest absolute Gasteiger partial charge is 0.257 e. The lowest BCUT2D eigenvalue weighted by Gasteiger charge is -2.32. The van der Waals surface area contributed by atoms with E-state index >= 15 is 0 Å². The molecule has 1 aliphatic rings. The third-order valence-corrected chi connectivity index (χ3v) is 4.82. The molecule has 0 spiro atoms. The topological polar surface area (TPSA) is 58.6 Å². The van der Waals surface area contributed by atoms with Gasteiger partial charge in [-0.1, -0.05) is 43.7 Å². The van der Waals surface area contributed by atoms with Gasteiger partial charge in [-0.3, -0.25) is 4.79 Å². The second-order valence-corrected chi connectivity index (χ2v) is 7.71. The zero-order chi connectivity index (χ0) is 19.3. The van der Waals surface area contributed by atoms with Crippen LogP contribution in [-0.2, 0) is 4.79 Å². The minimum Gasteiger partial charge on any atom is -0.508 e. The van der Waals surface area contributed by atoms with Gasteiger partial charge >= 0.3 is 0 Å². The molecule has 2 N–H and O–H groups in total. The predicted octanol–water partition coefficient (Wildman–Crippen LogP) is 4.56. The van der Waals surface area contributed by atoms with Gasteiger partial charge in [-0.2, -0.15) is 0 Å². The van der Waals surface area contributed by atoms with Crippen LogP contribution in [0.3, 0.4) is 0 Å². The van der Waals surface area contributed by atoms with Crippen LogP contribution < -0.4 is 10.1 Å². The number of hydrogen-bond acceptors (Lipinski definition) is 3. The van der Waals surface area contributed by atoms with Gasteiger partial charge in [0.1, 0.15) is 11.5 Å². The van der Waals surface area contributed by atoms with Crippen molar-refractivity contribution in [2.75, 3.05) is 13.2 Å². The Morgan fingerprint density at radius 3 is 2.81 bits per heavy atom. The van der Waals surface area contributed by atoms with Crippen molar-refractivity contribution in [3.8, 4) is 11.5 Å². The molecule has 142 valence electrons. The summed E-state index contributed by atoms with van der Waals surface area (Å²) in [5.74, 6) is 1.27. The van der Waals surface area contributed by atoms with Gasteiger partial charge in [-0.25, -0.2) is 0 Å². The molecule has 1 aliphatic carbocycles. The Morgan fingerprint density at radius 1 is 1.42 bits per heavy atom. The van der Waals surface area contributed by atoms with Crippen molar-refractivity contribution in [3.63, 3.8) is 0 Å². The van der Waals surface area contributed by atoms with Crippen LogP contribution in [0.25, 0.3) is 0 Å². The highest BCUT2D eigenvalue weighted by atomic mass is 16.5. The number of allylic oxidation sites excluding steroid dienone is 3. The van der Waals surface area contributed by atoms with Gasteiger partial charge in [-0.05, 0) is 50.7 Å². The van der Waals surface area contributed by atoms with Gasteiger partial charge in [0.15, 0.2) is 6.61 Å². The van der Waals surface area contributed by atoms with Crippen molar-refractivity contribution in [2.24, 2.45) is 11.8 Å². The number of nitrogens with one attached hydrogen (secondary N) is 1. The monoisotopic (exact) mass is 357 g/mol. The summed E-state index contributed by atoms with van der Waals surface area (Å²) in [6.45, 7) is 12.9. The molecule has 26 heavy (non-hydrogen) atoms. The quantitative estimate of drug-likeness (QED) is 0.703. The number of aromatic hydroxyl groups is 1. The molecule has 0 saturated carbocycles. The van der Waals surface area contributed by atoms with Gasteiger partial charge < -0.3 is 15.2 Å². The van der Waals surface area contributed by atoms with Crippen molar-refractivity contribution in [2.45, 2.75) is 46.5 Å². The number of phenols is 1. The molecule has 2 atom stereocenters. The van der Waals surface area contributed by atoms with Crippen molar-refractivity contribution in [3.05, 3.63) is 47.6 Å². The molecule has 0 aromatic heterocycles. The van der Waals surface area contributed by atoms with E-state index in [0.717, 1.165) is 24.0 Å². The van der Waals surface area contributed by atoms with Crippen molar-refractivity contribution >= 4 is 5.91 Å². The first-order chi connectivity index (χ1) is 12.3. The van der Waals surface area contributed by atoms with Crippen molar-refractivity contribution in [1.29, 1.82) is 0 Å². The molecule has 4 nitrogen and oxygen atoms in total. The van der Waals surface area contributed by atoms with E-state index in [2.05, 4.69) is 24.9 Å². The van der Waals surface area contributed by atoms with E-state index in [-0.39, 0.29) is 30.1 Å².